The maximum Gasteiger partial charge on any atom is 0.123 e. The number of fused-ring (bicyclic) bond motifs is 5. The van der Waals surface area contributed by atoms with E-state index in [4.69, 9.17) is 15.0 Å². The Morgan fingerprint density at radius 1 is 1.12 bits per heavy atom. The molecule has 26 heavy (non-hydrogen) atoms. The van der Waals surface area contributed by atoms with Crippen LogP contribution in [0.25, 0.3) is 32.7 Å². The Morgan fingerprint density at radius 2 is 1.92 bits per heavy atom. The number of benzene rings is 2. The number of hydrogen-bond donors (Lipinski definition) is 1. The SMILES string of the molecule is CCC(CC)c1cc2ncc3c4ccc(C#N)cc4[nH]c3c2cc1OC. The van der Waals surface area contributed by atoms with E-state index in [2.05, 4.69) is 37.0 Å². The summed E-state index contributed by atoms with van der Waals surface area (Å²) in [5.74, 6) is 1.38. The highest BCUT2D eigenvalue weighted by atomic mass is 16.5. The monoisotopic (exact) mass is 343 g/mol. The Kier molecular flexibility index (Phi) is 4.00. The second-order valence-corrected chi connectivity index (χ2v) is 6.67. The summed E-state index contributed by atoms with van der Waals surface area (Å²) < 4.78 is 5.71. The number of nitrogens with zero attached hydrogens (tertiary/aromatic N) is 2. The van der Waals surface area contributed by atoms with Gasteiger partial charge in [-0.25, -0.2) is 0 Å². The lowest BCUT2D eigenvalue weighted by Crippen LogP contribution is -2.00. The number of hydrogen-bond acceptors (Lipinski definition) is 3. The molecule has 0 fully saturated rings. The van der Waals surface area contributed by atoms with Crippen LogP contribution in [-0.4, -0.2) is 17.1 Å². The van der Waals surface area contributed by atoms with Crippen molar-refractivity contribution in [2.24, 2.45) is 0 Å². The normalized spacial score (nSPS) is 11.5. The minimum absolute atomic E-state index is 0.466. The molecule has 0 bridgehead atoms. The van der Waals surface area contributed by atoms with Crippen LogP contribution in [0.1, 0.15) is 43.7 Å². The van der Waals surface area contributed by atoms with E-state index in [0.717, 1.165) is 51.3 Å². The van der Waals surface area contributed by atoms with Gasteiger partial charge in [-0.1, -0.05) is 19.9 Å². The van der Waals surface area contributed by atoms with Crippen LogP contribution < -0.4 is 4.74 Å². The zero-order chi connectivity index (χ0) is 18.3. The van der Waals surface area contributed by atoms with Crippen molar-refractivity contribution in [3.63, 3.8) is 0 Å². The number of pyridine rings is 1. The number of nitrogens with one attached hydrogen (secondary N) is 1. The molecule has 0 aliphatic carbocycles. The number of H-pyrrole nitrogens is 1. The summed E-state index contributed by atoms with van der Waals surface area (Å²) in [4.78, 5) is 8.20. The van der Waals surface area contributed by atoms with Crippen molar-refractivity contribution in [2.75, 3.05) is 7.11 Å². The second-order valence-electron chi connectivity index (χ2n) is 6.67. The van der Waals surface area contributed by atoms with Gasteiger partial charge in [-0.05, 0) is 48.6 Å². The molecule has 130 valence electrons. The van der Waals surface area contributed by atoms with Crippen molar-refractivity contribution in [3.05, 3.63) is 47.7 Å². The summed E-state index contributed by atoms with van der Waals surface area (Å²) in [6.45, 7) is 4.41. The van der Waals surface area contributed by atoms with Crippen LogP contribution in [0.2, 0.25) is 0 Å². The van der Waals surface area contributed by atoms with E-state index in [1.165, 1.54) is 5.56 Å². The van der Waals surface area contributed by atoms with Gasteiger partial charge >= 0.3 is 0 Å². The molecule has 0 saturated carbocycles. The fraction of sp³-hybridized carbons (Fsp3) is 0.273. The zero-order valence-electron chi connectivity index (χ0n) is 15.3. The van der Waals surface area contributed by atoms with Crippen molar-refractivity contribution < 1.29 is 4.74 Å². The maximum atomic E-state index is 9.15. The molecular formula is C22H21N3O. The average Bonchev–Trinajstić information content (AvgIpc) is 3.06. The molecule has 0 atom stereocenters. The molecule has 4 aromatic rings. The smallest absolute Gasteiger partial charge is 0.123 e. The Labute approximate surface area is 152 Å². The van der Waals surface area contributed by atoms with Crippen molar-refractivity contribution in [1.29, 1.82) is 5.26 Å². The van der Waals surface area contributed by atoms with Gasteiger partial charge in [0.1, 0.15) is 5.75 Å². The number of aromatic amines is 1. The van der Waals surface area contributed by atoms with Gasteiger partial charge in [-0.2, -0.15) is 5.26 Å². The zero-order valence-corrected chi connectivity index (χ0v) is 15.3. The lowest BCUT2D eigenvalue weighted by Gasteiger charge is -2.17. The third-order valence-electron chi connectivity index (χ3n) is 5.34. The predicted octanol–water partition coefficient (Wildman–Crippen LogP) is 5.65. The summed E-state index contributed by atoms with van der Waals surface area (Å²) in [5, 5.41) is 12.3. The summed E-state index contributed by atoms with van der Waals surface area (Å²) >= 11 is 0. The molecule has 4 rings (SSSR count). The van der Waals surface area contributed by atoms with Gasteiger partial charge in [0.05, 0.1) is 29.8 Å². The highest BCUT2D eigenvalue weighted by Crippen LogP contribution is 2.37. The molecule has 0 aliphatic rings. The summed E-state index contributed by atoms with van der Waals surface area (Å²) in [6, 6.07) is 12.2. The summed E-state index contributed by atoms with van der Waals surface area (Å²) in [7, 11) is 1.73. The average molecular weight is 343 g/mol. The van der Waals surface area contributed by atoms with Gasteiger partial charge in [-0.15, -0.1) is 0 Å². The summed E-state index contributed by atoms with van der Waals surface area (Å²) in [6.07, 6.45) is 4.07. The fourth-order valence-electron chi connectivity index (χ4n) is 3.89. The first kappa shape index (κ1) is 16.4. The van der Waals surface area contributed by atoms with Crippen molar-refractivity contribution >= 4 is 32.7 Å². The Hall–Kier alpha value is -3.06. The fourth-order valence-corrected chi connectivity index (χ4v) is 3.89. The van der Waals surface area contributed by atoms with Gasteiger partial charge < -0.3 is 9.72 Å². The number of ether oxygens (including phenoxy) is 1. The third-order valence-corrected chi connectivity index (χ3v) is 5.34. The highest BCUT2D eigenvalue weighted by Gasteiger charge is 2.17. The molecule has 0 unspecified atom stereocenters. The van der Waals surface area contributed by atoms with E-state index < -0.39 is 0 Å². The first-order valence-electron chi connectivity index (χ1n) is 9.02. The number of methoxy groups -OCH3 is 1. The van der Waals surface area contributed by atoms with Gasteiger partial charge in [0.15, 0.2) is 0 Å². The minimum atomic E-state index is 0.466. The molecule has 4 nitrogen and oxygen atoms in total. The lowest BCUT2D eigenvalue weighted by atomic mass is 9.92. The van der Waals surface area contributed by atoms with Crippen LogP contribution in [0.5, 0.6) is 5.75 Å². The Morgan fingerprint density at radius 3 is 2.62 bits per heavy atom. The topological polar surface area (TPSA) is 61.7 Å². The van der Waals surface area contributed by atoms with Crippen LogP contribution in [-0.2, 0) is 0 Å². The van der Waals surface area contributed by atoms with Crippen LogP contribution in [0.3, 0.4) is 0 Å². The van der Waals surface area contributed by atoms with E-state index in [-0.39, 0.29) is 0 Å². The van der Waals surface area contributed by atoms with Crippen molar-refractivity contribution in [1.82, 2.24) is 9.97 Å². The molecule has 2 aromatic carbocycles. The highest BCUT2D eigenvalue weighted by molar-refractivity contribution is 6.16. The maximum absolute atomic E-state index is 9.15. The molecule has 4 heteroatoms. The lowest BCUT2D eigenvalue weighted by molar-refractivity contribution is 0.404. The van der Waals surface area contributed by atoms with E-state index in [9.17, 15) is 0 Å². The van der Waals surface area contributed by atoms with Crippen molar-refractivity contribution in [2.45, 2.75) is 32.6 Å². The number of aromatic nitrogens is 2. The van der Waals surface area contributed by atoms with Crippen LogP contribution in [0.15, 0.2) is 36.5 Å². The predicted molar refractivity (Wildman–Crippen MR) is 106 cm³/mol. The second kappa shape index (κ2) is 6.34. The molecule has 0 saturated heterocycles. The van der Waals surface area contributed by atoms with E-state index in [1.807, 2.05) is 24.4 Å². The Bertz CT molecular complexity index is 1160. The van der Waals surface area contributed by atoms with E-state index >= 15 is 0 Å². The van der Waals surface area contributed by atoms with Gasteiger partial charge in [-0.3, -0.25) is 4.98 Å². The Balaban J connectivity index is 2.04. The van der Waals surface area contributed by atoms with Crippen molar-refractivity contribution in [3.8, 4) is 11.8 Å². The van der Waals surface area contributed by atoms with Crippen LogP contribution in [0.4, 0.5) is 0 Å². The molecule has 2 heterocycles. The van der Waals surface area contributed by atoms with Gasteiger partial charge in [0.25, 0.3) is 0 Å². The molecular weight excluding hydrogens is 322 g/mol. The molecule has 0 radical (unpaired) electrons. The van der Waals surface area contributed by atoms with E-state index in [0.29, 0.717) is 11.5 Å². The van der Waals surface area contributed by atoms with Crippen LogP contribution >= 0.6 is 0 Å². The molecule has 1 N–H and O–H groups in total. The number of nitriles is 1. The first-order chi connectivity index (χ1) is 12.7. The minimum Gasteiger partial charge on any atom is -0.496 e. The molecule has 2 aromatic heterocycles. The van der Waals surface area contributed by atoms with Crippen LogP contribution in [0, 0.1) is 11.3 Å². The molecule has 0 amide bonds. The number of rotatable bonds is 4. The first-order valence-corrected chi connectivity index (χ1v) is 9.02. The van der Waals surface area contributed by atoms with Gasteiger partial charge in [0, 0.05) is 27.9 Å². The standard InChI is InChI=1S/C22H21N3O/c1-4-14(5-2)16-9-19-17(10-21(16)26-3)22-18(12-24-19)15-7-6-13(11-23)8-20(15)25-22/h6-10,12,14,25H,4-5H2,1-3H3. The molecule has 0 aliphatic heterocycles. The largest absolute Gasteiger partial charge is 0.496 e. The van der Waals surface area contributed by atoms with Gasteiger partial charge in [0.2, 0.25) is 0 Å². The molecule has 0 spiro atoms. The third kappa shape index (κ3) is 2.40. The summed E-state index contributed by atoms with van der Waals surface area (Å²) in [5.41, 5.74) is 4.83. The van der Waals surface area contributed by atoms with E-state index in [1.54, 1.807) is 7.11 Å². The quantitative estimate of drug-likeness (QED) is 0.520.